The molecule has 0 bridgehead atoms. The molecule has 1 heterocycles. The second-order valence-electron chi connectivity index (χ2n) is 6.45. The van der Waals surface area contributed by atoms with Crippen LogP contribution < -0.4 is 11.1 Å². The fourth-order valence-electron chi connectivity index (χ4n) is 3.28. The molecule has 0 atom stereocenters. The summed E-state index contributed by atoms with van der Waals surface area (Å²) in [6, 6.07) is 0.505. The molecule has 3 N–H and O–H groups in total. The third kappa shape index (κ3) is 5.83. The molecule has 0 unspecified atom stereocenters. The Kier molecular flexibility index (Phi) is 6.96. The second-order valence-corrected chi connectivity index (χ2v) is 6.45. The van der Waals surface area contributed by atoms with Gasteiger partial charge in [0.2, 0.25) is 5.91 Å². The maximum Gasteiger partial charge on any atom is 0.219 e. The van der Waals surface area contributed by atoms with E-state index in [9.17, 15) is 4.79 Å². The highest BCUT2D eigenvalue weighted by Crippen LogP contribution is 2.16. The van der Waals surface area contributed by atoms with Crippen molar-refractivity contribution in [3.63, 3.8) is 0 Å². The van der Waals surface area contributed by atoms with Gasteiger partial charge in [-0.3, -0.25) is 14.7 Å². The van der Waals surface area contributed by atoms with Crippen LogP contribution in [0.15, 0.2) is 4.99 Å². The lowest BCUT2D eigenvalue weighted by molar-refractivity contribution is -0.130. The molecule has 2 fully saturated rings. The Morgan fingerprint density at radius 1 is 1.14 bits per heavy atom. The maximum absolute atomic E-state index is 11.3. The molecule has 6 heteroatoms. The zero-order valence-electron chi connectivity index (χ0n) is 13.9. The van der Waals surface area contributed by atoms with Gasteiger partial charge in [0.15, 0.2) is 5.96 Å². The van der Waals surface area contributed by atoms with Crippen molar-refractivity contribution < 1.29 is 4.79 Å². The van der Waals surface area contributed by atoms with E-state index >= 15 is 0 Å². The normalized spacial score (nSPS) is 22.4. The van der Waals surface area contributed by atoms with E-state index in [1.54, 1.807) is 6.92 Å². The highest BCUT2D eigenvalue weighted by atomic mass is 16.2. The maximum atomic E-state index is 11.3. The Balaban J connectivity index is 1.63. The van der Waals surface area contributed by atoms with Crippen LogP contribution in [-0.2, 0) is 4.79 Å². The predicted octanol–water partition coefficient (Wildman–Crippen LogP) is 0.778. The molecule has 0 aromatic heterocycles. The van der Waals surface area contributed by atoms with Gasteiger partial charge in [0.05, 0.1) is 6.54 Å². The first-order valence-electron chi connectivity index (χ1n) is 8.69. The number of hydrogen-bond donors (Lipinski definition) is 2. The zero-order chi connectivity index (χ0) is 15.8. The Morgan fingerprint density at radius 3 is 2.36 bits per heavy atom. The molecular weight excluding hydrogens is 278 g/mol. The average Bonchev–Trinajstić information content (AvgIpc) is 2.76. The van der Waals surface area contributed by atoms with E-state index in [1.807, 2.05) is 4.90 Å². The van der Waals surface area contributed by atoms with Gasteiger partial charge in [-0.2, -0.15) is 0 Å². The summed E-state index contributed by atoms with van der Waals surface area (Å²) in [5.41, 5.74) is 6.00. The minimum absolute atomic E-state index is 0.175. The third-order valence-electron chi connectivity index (χ3n) is 4.72. The number of guanidine groups is 1. The first-order chi connectivity index (χ1) is 10.6. The van der Waals surface area contributed by atoms with E-state index in [0.29, 0.717) is 12.0 Å². The summed E-state index contributed by atoms with van der Waals surface area (Å²) < 4.78 is 0. The van der Waals surface area contributed by atoms with Crippen LogP contribution in [-0.4, -0.2) is 67.0 Å². The molecule has 2 rings (SSSR count). The number of hydrogen-bond acceptors (Lipinski definition) is 3. The quantitative estimate of drug-likeness (QED) is 0.457. The van der Waals surface area contributed by atoms with Gasteiger partial charge in [0, 0.05) is 45.7 Å². The highest BCUT2D eigenvalue weighted by Gasteiger charge is 2.18. The number of aliphatic imine (C=N–C) groups is 1. The van der Waals surface area contributed by atoms with E-state index in [-0.39, 0.29) is 5.91 Å². The SMILES string of the molecule is CC(=O)N1CCN(CCN=C(N)NC2CCCCCC2)CC1. The number of nitrogens with zero attached hydrogens (tertiary/aromatic N) is 3. The van der Waals surface area contributed by atoms with E-state index in [1.165, 1.54) is 38.5 Å². The molecule has 1 saturated heterocycles. The van der Waals surface area contributed by atoms with Crippen molar-refractivity contribution in [1.82, 2.24) is 15.1 Å². The molecule has 22 heavy (non-hydrogen) atoms. The van der Waals surface area contributed by atoms with Crippen molar-refractivity contribution in [3.8, 4) is 0 Å². The van der Waals surface area contributed by atoms with Crippen molar-refractivity contribution in [1.29, 1.82) is 0 Å². The molecule has 0 aromatic rings. The van der Waals surface area contributed by atoms with Crippen LogP contribution in [0.25, 0.3) is 0 Å². The van der Waals surface area contributed by atoms with Crippen molar-refractivity contribution >= 4 is 11.9 Å². The number of rotatable bonds is 4. The largest absolute Gasteiger partial charge is 0.370 e. The molecule has 2 aliphatic rings. The van der Waals surface area contributed by atoms with Crippen LogP contribution in [0.3, 0.4) is 0 Å². The number of nitrogens with two attached hydrogens (primary N) is 1. The molecular formula is C16H31N5O. The van der Waals surface area contributed by atoms with Crippen molar-refractivity contribution in [2.24, 2.45) is 10.7 Å². The highest BCUT2D eigenvalue weighted by molar-refractivity contribution is 5.78. The molecule has 6 nitrogen and oxygen atoms in total. The lowest BCUT2D eigenvalue weighted by Crippen LogP contribution is -2.48. The van der Waals surface area contributed by atoms with Gasteiger partial charge in [0.25, 0.3) is 0 Å². The van der Waals surface area contributed by atoms with Crippen molar-refractivity contribution in [3.05, 3.63) is 0 Å². The van der Waals surface area contributed by atoms with Crippen LogP contribution in [0.2, 0.25) is 0 Å². The van der Waals surface area contributed by atoms with Crippen LogP contribution in [0.1, 0.15) is 45.4 Å². The minimum atomic E-state index is 0.175. The molecule has 1 amide bonds. The number of amides is 1. The standard InChI is InChI=1S/C16H31N5O/c1-14(22)21-12-10-20(11-13-21)9-8-18-16(17)19-15-6-4-2-3-5-7-15/h15H,2-13H2,1H3,(H3,17,18,19). The van der Waals surface area contributed by atoms with Gasteiger partial charge in [-0.25, -0.2) is 0 Å². The summed E-state index contributed by atoms with van der Waals surface area (Å²) in [5, 5.41) is 3.37. The first-order valence-corrected chi connectivity index (χ1v) is 8.69. The Morgan fingerprint density at radius 2 is 1.77 bits per heavy atom. The fourth-order valence-corrected chi connectivity index (χ4v) is 3.28. The summed E-state index contributed by atoms with van der Waals surface area (Å²) in [7, 11) is 0. The average molecular weight is 309 g/mol. The Labute approximate surface area is 134 Å². The lowest BCUT2D eigenvalue weighted by atomic mass is 10.1. The van der Waals surface area contributed by atoms with Crippen LogP contribution in [0.4, 0.5) is 0 Å². The molecule has 0 aromatic carbocycles. The van der Waals surface area contributed by atoms with E-state index in [4.69, 9.17) is 5.73 Å². The summed E-state index contributed by atoms with van der Waals surface area (Å²) >= 11 is 0. The summed E-state index contributed by atoms with van der Waals surface area (Å²) in [6.07, 6.45) is 7.71. The smallest absolute Gasteiger partial charge is 0.219 e. The summed E-state index contributed by atoms with van der Waals surface area (Å²) in [4.78, 5) is 20.0. The van der Waals surface area contributed by atoms with Crippen LogP contribution in [0.5, 0.6) is 0 Å². The van der Waals surface area contributed by atoms with Gasteiger partial charge in [-0.15, -0.1) is 0 Å². The van der Waals surface area contributed by atoms with Crippen LogP contribution in [0, 0.1) is 0 Å². The fraction of sp³-hybridized carbons (Fsp3) is 0.875. The zero-order valence-corrected chi connectivity index (χ0v) is 13.9. The molecule has 0 spiro atoms. The van der Waals surface area contributed by atoms with Gasteiger partial charge in [-0.05, 0) is 12.8 Å². The van der Waals surface area contributed by atoms with E-state index in [2.05, 4.69) is 15.2 Å². The third-order valence-corrected chi connectivity index (χ3v) is 4.72. The number of nitrogens with one attached hydrogen (secondary N) is 1. The molecule has 0 radical (unpaired) electrons. The Bertz CT molecular complexity index is 369. The molecule has 1 aliphatic carbocycles. The monoisotopic (exact) mass is 309 g/mol. The topological polar surface area (TPSA) is 74.0 Å². The van der Waals surface area contributed by atoms with Gasteiger partial charge < -0.3 is 16.0 Å². The number of carbonyl (C=O) groups excluding carboxylic acids is 1. The number of piperazine rings is 1. The molecule has 1 saturated carbocycles. The number of carbonyl (C=O) groups is 1. The van der Waals surface area contributed by atoms with E-state index in [0.717, 1.165) is 39.3 Å². The minimum Gasteiger partial charge on any atom is -0.370 e. The second kappa shape index (κ2) is 8.98. The van der Waals surface area contributed by atoms with Gasteiger partial charge in [0.1, 0.15) is 0 Å². The lowest BCUT2D eigenvalue weighted by Gasteiger charge is -2.33. The summed E-state index contributed by atoms with van der Waals surface area (Å²) in [5.74, 6) is 0.767. The van der Waals surface area contributed by atoms with Crippen molar-refractivity contribution in [2.75, 3.05) is 39.3 Å². The summed E-state index contributed by atoms with van der Waals surface area (Å²) in [6.45, 7) is 6.81. The van der Waals surface area contributed by atoms with Gasteiger partial charge in [-0.1, -0.05) is 25.7 Å². The van der Waals surface area contributed by atoms with Gasteiger partial charge >= 0.3 is 0 Å². The van der Waals surface area contributed by atoms with Crippen molar-refractivity contribution in [2.45, 2.75) is 51.5 Å². The predicted molar refractivity (Wildman–Crippen MR) is 89.8 cm³/mol. The molecule has 1 aliphatic heterocycles. The van der Waals surface area contributed by atoms with E-state index < -0.39 is 0 Å². The molecule has 126 valence electrons. The van der Waals surface area contributed by atoms with Crippen LogP contribution >= 0.6 is 0 Å². The first kappa shape index (κ1) is 17.1. The Hall–Kier alpha value is -1.30.